The van der Waals surface area contributed by atoms with Gasteiger partial charge >= 0.3 is 6.03 Å². The number of hydrogen-bond donors (Lipinski definition) is 3. The van der Waals surface area contributed by atoms with Crippen molar-refractivity contribution in [2.75, 3.05) is 51.7 Å². The van der Waals surface area contributed by atoms with Gasteiger partial charge in [-0.15, -0.1) is 0 Å². The summed E-state index contributed by atoms with van der Waals surface area (Å²) in [4.78, 5) is 28.9. The molecule has 240 valence electrons. The second-order valence-corrected chi connectivity index (χ2v) is 14.1. The lowest BCUT2D eigenvalue weighted by molar-refractivity contribution is -0.121. The number of amides is 3. The second-order valence-electron chi connectivity index (χ2n) is 12.2. The predicted molar refractivity (Wildman–Crippen MR) is 163 cm³/mol. The highest BCUT2D eigenvalue weighted by Gasteiger charge is 2.45. The highest BCUT2D eigenvalue weighted by molar-refractivity contribution is 7.89. The average Bonchev–Trinajstić information content (AvgIpc) is 2.96. The van der Waals surface area contributed by atoms with Gasteiger partial charge in [0, 0.05) is 64.0 Å². The van der Waals surface area contributed by atoms with Crippen LogP contribution in [0.1, 0.15) is 54.5 Å². The fraction of sp³-hybridized carbons (Fsp3) is 0.533. The topological polar surface area (TPSA) is 145 Å². The first-order valence-corrected chi connectivity index (χ1v) is 16.3. The number of piperidine rings is 2. The summed E-state index contributed by atoms with van der Waals surface area (Å²) < 4.78 is 59.3. The summed E-state index contributed by atoms with van der Waals surface area (Å²) in [5, 5.41) is 2.27. The average molecular weight is 634 g/mol. The molecule has 0 spiro atoms. The summed E-state index contributed by atoms with van der Waals surface area (Å²) in [6, 6.07) is 11.0. The number of carbonyl (C=O) groups excluding carboxylic acids is 2. The number of halogens is 2. The quantitative estimate of drug-likeness (QED) is 0.402. The number of benzene rings is 2. The highest BCUT2D eigenvalue weighted by atomic mass is 32.2. The summed E-state index contributed by atoms with van der Waals surface area (Å²) in [6.45, 7) is 1.03. The van der Waals surface area contributed by atoms with Crippen molar-refractivity contribution in [2.45, 2.75) is 61.2 Å². The first kappa shape index (κ1) is 32.2. The van der Waals surface area contributed by atoms with Crippen LogP contribution in [0.25, 0.3) is 0 Å². The summed E-state index contributed by atoms with van der Waals surface area (Å²) >= 11 is 0. The van der Waals surface area contributed by atoms with Crippen molar-refractivity contribution in [3.63, 3.8) is 0 Å². The molecule has 3 aliphatic rings. The monoisotopic (exact) mass is 633 g/mol. The van der Waals surface area contributed by atoms with Crippen molar-refractivity contribution in [1.29, 1.82) is 0 Å². The third-order valence-electron chi connectivity index (χ3n) is 8.80. The number of sulfonamides is 1. The molecule has 14 heteroatoms. The zero-order chi connectivity index (χ0) is 31.8. The van der Waals surface area contributed by atoms with Crippen LogP contribution in [0.3, 0.4) is 0 Å². The molecule has 5 N–H and O–H groups in total. The normalized spacial score (nSPS) is 23.0. The maximum atomic E-state index is 15.7. The molecule has 0 radical (unpaired) electrons. The van der Waals surface area contributed by atoms with Crippen LogP contribution in [0.15, 0.2) is 47.4 Å². The van der Waals surface area contributed by atoms with Crippen LogP contribution < -0.4 is 21.7 Å². The van der Waals surface area contributed by atoms with Gasteiger partial charge in [0.25, 0.3) is 5.92 Å². The minimum Gasteiger partial charge on any atom is -0.377 e. The zero-order valence-electron chi connectivity index (χ0n) is 25.1. The Kier molecular flexibility index (Phi) is 9.29. The summed E-state index contributed by atoms with van der Waals surface area (Å²) in [6.07, 6.45) is 0.684. The van der Waals surface area contributed by atoms with Gasteiger partial charge in [-0.25, -0.2) is 22.0 Å². The molecule has 3 saturated heterocycles. The number of hydrogen-bond acceptors (Lipinski definition) is 8. The molecular weight excluding hydrogens is 592 g/mol. The molecule has 3 aliphatic heterocycles. The van der Waals surface area contributed by atoms with E-state index in [1.54, 1.807) is 66.4 Å². The molecule has 3 fully saturated rings. The number of likely N-dealkylation sites (tertiary alicyclic amines) is 1. The van der Waals surface area contributed by atoms with E-state index in [4.69, 9.17) is 11.5 Å². The molecule has 2 aromatic carbocycles. The van der Waals surface area contributed by atoms with Gasteiger partial charge in [0.05, 0.1) is 17.4 Å². The molecule has 0 saturated carbocycles. The van der Waals surface area contributed by atoms with Gasteiger partial charge in [-0.05, 0) is 55.1 Å². The van der Waals surface area contributed by atoms with Crippen LogP contribution >= 0.6 is 0 Å². The summed E-state index contributed by atoms with van der Waals surface area (Å²) in [5.41, 5.74) is 14.7. The van der Waals surface area contributed by atoms with Crippen LogP contribution in [-0.4, -0.2) is 93.2 Å². The van der Waals surface area contributed by atoms with Crippen molar-refractivity contribution in [2.24, 2.45) is 11.5 Å². The Bertz CT molecular complexity index is 1500. The van der Waals surface area contributed by atoms with E-state index >= 15 is 8.78 Å². The Balaban J connectivity index is 1.29. The first-order chi connectivity index (χ1) is 20.8. The molecule has 5 rings (SSSR count). The Morgan fingerprint density at radius 1 is 1.05 bits per heavy atom. The van der Waals surface area contributed by atoms with Gasteiger partial charge in [0.15, 0.2) is 0 Å². The molecule has 0 bridgehead atoms. The molecular formula is C30H41F2N7O4S. The maximum Gasteiger partial charge on any atom is 0.325 e. The van der Waals surface area contributed by atoms with Gasteiger partial charge in [-0.1, -0.05) is 24.3 Å². The highest BCUT2D eigenvalue weighted by Crippen LogP contribution is 2.42. The van der Waals surface area contributed by atoms with Crippen LogP contribution in [0, 0.1) is 0 Å². The fourth-order valence-corrected chi connectivity index (χ4v) is 7.85. The van der Waals surface area contributed by atoms with E-state index in [0.717, 1.165) is 0 Å². The molecule has 0 aromatic heterocycles. The molecule has 2 aromatic rings. The third-order valence-corrected chi connectivity index (χ3v) is 10.7. The van der Waals surface area contributed by atoms with E-state index in [0.29, 0.717) is 54.9 Å². The minimum absolute atomic E-state index is 0.00166. The zero-order valence-corrected chi connectivity index (χ0v) is 25.9. The molecule has 2 atom stereocenters. The first-order valence-electron chi connectivity index (χ1n) is 14.9. The number of alkyl halides is 2. The van der Waals surface area contributed by atoms with Crippen LogP contribution in [0.2, 0.25) is 0 Å². The SMILES string of the molecule is CN(C)c1cc(C2CCN(Cc3cccc(S(=O)(=O)N4CCC(N)CC4)c3)CC2(F)F)ccc1C(N)N1CCC(=O)NC1=O. The lowest BCUT2D eigenvalue weighted by atomic mass is 9.85. The van der Waals surface area contributed by atoms with Crippen LogP contribution in [0.5, 0.6) is 0 Å². The standard InChI is InChI=1S/C30H41F2N7O4S/c1-36(2)26-17-21(6-7-24(26)28(34)39-15-11-27(40)35-29(39)41)25-10-12-37(19-30(25,31)32)18-20-4-3-5-23(16-20)44(42,43)38-13-8-22(33)9-14-38/h3-7,16-17,22,25,28H,8-15,18-19,33-34H2,1-2H3,(H,35,40,41). The van der Waals surface area contributed by atoms with Gasteiger partial charge < -0.3 is 21.3 Å². The van der Waals surface area contributed by atoms with E-state index in [1.807, 2.05) is 0 Å². The second kappa shape index (κ2) is 12.7. The van der Waals surface area contributed by atoms with Crippen molar-refractivity contribution in [1.82, 2.24) is 19.4 Å². The van der Waals surface area contributed by atoms with Gasteiger partial charge in [0.2, 0.25) is 15.9 Å². The number of nitrogens with one attached hydrogen (secondary N) is 1. The van der Waals surface area contributed by atoms with Crippen molar-refractivity contribution in [3.05, 3.63) is 59.2 Å². The molecule has 44 heavy (non-hydrogen) atoms. The lowest BCUT2D eigenvalue weighted by Crippen LogP contribution is -2.52. The van der Waals surface area contributed by atoms with E-state index in [2.05, 4.69) is 5.32 Å². The van der Waals surface area contributed by atoms with Crippen molar-refractivity contribution >= 4 is 27.6 Å². The maximum absolute atomic E-state index is 15.7. The number of rotatable bonds is 8. The van der Waals surface area contributed by atoms with Crippen molar-refractivity contribution in [3.8, 4) is 0 Å². The number of urea groups is 1. The molecule has 2 unspecified atom stereocenters. The number of carbonyl (C=O) groups is 2. The smallest absolute Gasteiger partial charge is 0.325 e. The van der Waals surface area contributed by atoms with Crippen molar-refractivity contribution < 1.29 is 26.8 Å². The lowest BCUT2D eigenvalue weighted by Gasteiger charge is -2.39. The summed E-state index contributed by atoms with van der Waals surface area (Å²) in [7, 11) is -0.128. The number of anilines is 1. The summed E-state index contributed by atoms with van der Waals surface area (Å²) in [5.74, 6) is -4.44. The van der Waals surface area contributed by atoms with Gasteiger partial charge in [-0.3, -0.25) is 15.0 Å². The third kappa shape index (κ3) is 6.74. The Hall–Kier alpha value is -3.17. The Morgan fingerprint density at radius 3 is 2.43 bits per heavy atom. The number of nitrogens with two attached hydrogens (primary N) is 2. The van der Waals surface area contributed by atoms with E-state index in [1.165, 1.54) is 9.21 Å². The molecule has 11 nitrogen and oxygen atoms in total. The van der Waals surface area contributed by atoms with E-state index in [-0.39, 0.29) is 42.8 Å². The Morgan fingerprint density at radius 2 is 1.77 bits per heavy atom. The van der Waals surface area contributed by atoms with E-state index in [9.17, 15) is 18.0 Å². The molecule has 3 amide bonds. The minimum atomic E-state index is -3.69. The van der Waals surface area contributed by atoms with Crippen LogP contribution in [-0.2, 0) is 21.4 Å². The van der Waals surface area contributed by atoms with Crippen LogP contribution in [0.4, 0.5) is 19.3 Å². The van der Waals surface area contributed by atoms with Gasteiger partial charge in [-0.2, -0.15) is 4.31 Å². The Labute approximate surface area is 257 Å². The number of nitrogens with zero attached hydrogens (tertiary/aromatic N) is 4. The molecule has 3 heterocycles. The van der Waals surface area contributed by atoms with E-state index < -0.39 is 40.6 Å². The van der Waals surface area contributed by atoms with Gasteiger partial charge in [0.1, 0.15) is 6.17 Å². The largest absolute Gasteiger partial charge is 0.377 e. The fourth-order valence-electron chi connectivity index (χ4n) is 6.31. The predicted octanol–water partition coefficient (Wildman–Crippen LogP) is 2.39. The molecule has 0 aliphatic carbocycles. The number of imide groups is 1.